The number of hydrogen-bond donors (Lipinski definition) is 3. The maximum Gasteiger partial charge on any atom is 0.180 e. The molecule has 0 amide bonds. The van der Waals surface area contributed by atoms with Gasteiger partial charge in [0.25, 0.3) is 0 Å². The summed E-state index contributed by atoms with van der Waals surface area (Å²) < 4.78 is 4.47. The number of nitrogens with zero attached hydrogens (tertiary/aromatic N) is 5. The fourth-order valence-corrected chi connectivity index (χ4v) is 0.773. The van der Waals surface area contributed by atoms with Crippen molar-refractivity contribution in [2.75, 3.05) is 0 Å². The first-order valence-corrected chi connectivity index (χ1v) is 5.49. The molecule has 0 aliphatic heterocycles. The van der Waals surface area contributed by atoms with Gasteiger partial charge in [0.2, 0.25) is 0 Å². The van der Waals surface area contributed by atoms with Gasteiger partial charge in [-0.2, -0.15) is 5.10 Å². The minimum absolute atomic E-state index is 1.38. The van der Waals surface area contributed by atoms with Crippen LogP contribution >= 0.6 is 0 Å². The van der Waals surface area contributed by atoms with Crippen molar-refractivity contribution in [2.45, 2.75) is 0 Å². The van der Waals surface area contributed by atoms with Crippen LogP contribution in [-0.4, -0.2) is 40.6 Å². The summed E-state index contributed by atoms with van der Waals surface area (Å²) in [6.45, 7) is 0. The minimum atomic E-state index is 1.38. The molecule has 0 saturated carbocycles. The van der Waals surface area contributed by atoms with Gasteiger partial charge in [-0.1, -0.05) is 5.21 Å². The van der Waals surface area contributed by atoms with Gasteiger partial charge >= 0.3 is 0 Å². The predicted molar refractivity (Wildman–Crippen MR) is 70.1 cm³/mol. The van der Waals surface area contributed by atoms with E-state index in [1.807, 2.05) is 6.07 Å². The van der Waals surface area contributed by atoms with Gasteiger partial charge in [0.1, 0.15) is 6.26 Å². The molecular formula is C11H14N8O. The highest BCUT2D eigenvalue weighted by molar-refractivity contribution is 4.72. The average Bonchev–Trinajstić information content (AvgIpc) is 3.40. The first-order chi connectivity index (χ1) is 10.0. The number of H-pyrrole nitrogens is 3. The second kappa shape index (κ2) is 12.2. The predicted octanol–water partition coefficient (Wildman–Crippen LogP) is 1.30. The van der Waals surface area contributed by atoms with Gasteiger partial charge in [-0.05, 0) is 6.07 Å². The first-order valence-electron chi connectivity index (χ1n) is 5.49. The van der Waals surface area contributed by atoms with E-state index in [0.717, 1.165) is 0 Å². The first kappa shape index (κ1) is 14.8. The molecule has 4 aromatic rings. The van der Waals surface area contributed by atoms with Crippen molar-refractivity contribution in [1.82, 2.24) is 40.6 Å². The van der Waals surface area contributed by atoms with Crippen LogP contribution in [0.25, 0.3) is 0 Å². The van der Waals surface area contributed by atoms with Crippen LogP contribution in [0.4, 0.5) is 0 Å². The van der Waals surface area contributed by atoms with E-state index in [1.54, 1.807) is 49.7 Å². The van der Waals surface area contributed by atoms with Crippen molar-refractivity contribution < 1.29 is 4.42 Å². The fraction of sp³-hybridized carbons (Fsp3) is 0. The minimum Gasteiger partial charge on any atom is -0.452 e. The Morgan fingerprint density at radius 2 is 1.85 bits per heavy atom. The van der Waals surface area contributed by atoms with Crippen molar-refractivity contribution in [2.24, 2.45) is 0 Å². The molecule has 0 aliphatic carbocycles. The number of nitrogens with one attached hydrogen (secondary N) is 3. The molecule has 4 rings (SSSR count). The molecule has 4 heterocycles. The van der Waals surface area contributed by atoms with Gasteiger partial charge in [0.05, 0.1) is 18.7 Å². The van der Waals surface area contributed by atoms with Crippen LogP contribution in [-0.2, 0) is 0 Å². The molecule has 0 unspecified atom stereocenters. The summed E-state index contributed by atoms with van der Waals surface area (Å²) in [7, 11) is 0. The lowest BCUT2D eigenvalue weighted by Crippen LogP contribution is -1.61. The summed E-state index contributed by atoms with van der Waals surface area (Å²) in [5, 5.41) is 15.5. The van der Waals surface area contributed by atoms with Crippen LogP contribution < -0.4 is 0 Å². The highest BCUT2D eigenvalue weighted by atomic mass is 16.3. The largest absolute Gasteiger partial charge is 0.452 e. The Balaban J connectivity index is 0.000000133. The van der Waals surface area contributed by atoms with E-state index in [-0.39, 0.29) is 0 Å². The third kappa shape index (κ3) is 9.96. The molecule has 0 saturated heterocycles. The normalized spacial score (nSPS) is 8.00. The summed E-state index contributed by atoms with van der Waals surface area (Å²) in [6.07, 6.45) is 16.2. The van der Waals surface area contributed by atoms with E-state index >= 15 is 0 Å². The molecule has 0 aromatic carbocycles. The molecule has 3 N–H and O–H groups in total. The average molecular weight is 274 g/mol. The van der Waals surface area contributed by atoms with Crippen LogP contribution in [0.3, 0.4) is 0 Å². The zero-order chi connectivity index (χ0) is 14.1. The van der Waals surface area contributed by atoms with Crippen molar-refractivity contribution >= 4 is 0 Å². The van der Waals surface area contributed by atoms with Crippen molar-refractivity contribution in [3.8, 4) is 0 Å². The lowest BCUT2D eigenvalue weighted by molar-refractivity contribution is 0.558. The maximum atomic E-state index is 4.47. The zero-order valence-corrected chi connectivity index (χ0v) is 10.5. The summed E-state index contributed by atoms with van der Waals surface area (Å²) in [5.41, 5.74) is 0. The summed E-state index contributed by atoms with van der Waals surface area (Å²) >= 11 is 0. The van der Waals surface area contributed by atoms with E-state index in [0.29, 0.717) is 0 Å². The van der Waals surface area contributed by atoms with Crippen LogP contribution in [0.2, 0.25) is 0 Å². The second-order valence-corrected chi connectivity index (χ2v) is 2.86. The smallest absolute Gasteiger partial charge is 0.180 e. The zero-order valence-electron chi connectivity index (χ0n) is 10.5. The standard InChI is InChI=1S/2C3H4N2.C3H3NO.C2H3N3/c1-2-5-3-4-1;1-2-4-5-3-1;1-2-5-3-4-1;1-2-4-5-3-1/h2*1-3H,(H,4,5);1-3H;1-2H,(H,3,4,5). The Hall–Kier alpha value is -3.23. The summed E-state index contributed by atoms with van der Waals surface area (Å²) in [4.78, 5) is 9.97. The topological polar surface area (TPSA) is 125 Å². The molecule has 0 radical (unpaired) electrons. The van der Waals surface area contributed by atoms with E-state index < -0.39 is 0 Å². The van der Waals surface area contributed by atoms with Gasteiger partial charge in [-0.3, -0.25) is 10.2 Å². The van der Waals surface area contributed by atoms with Crippen molar-refractivity contribution in [1.29, 1.82) is 0 Å². The quantitative estimate of drug-likeness (QED) is 0.444. The second-order valence-electron chi connectivity index (χ2n) is 2.86. The van der Waals surface area contributed by atoms with Crippen molar-refractivity contribution in [3.63, 3.8) is 0 Å². The van der Waals surface area contributed by atoms with Crippen LogP contribution in [0.15, 0.2) is 72.8 Å². The number of hydrogen-bond acceptors (Lipinski definition) is 6. The molecule has 0 aliphatic rings. The third-order valence-corrected chi connectivity index (χ3v) is 1.49. The number of rotatable bonds is 0. The number of oxazole rings is 1. The monoisotopic (exact) mass is 274 g/mol. The molecular weight excluding hydrogens is 260 g/mol. The SMILES string of the molecule is c1c[nH]cn1.c1c[nH]nn1.c1cn[nH]c1.c1cocn1. The van der Waals surface area contributed by atoms with E-state index in [2.05, 4.69) is 45.0 Å². The summed E-state index contributed by atoms with van der Waals surface area (Å²) in [5.74, 6) is 0. The third-order valence-electron chi connectivity index (χ3n) is 1.49. The molecule has 0 bridgehead atoms. The van der Waals surface area contributed by atoms with Crippen LogP contribution in [0.5, 0.6) is 0 Å². The Morgan fingerprint density at radius 3 is 2.05 bits per heavy atom. The van der Waals surface area contributed by atoms with Crippen LogP contribution in [0, 0.1) is 0 Å². The fourth-order valence-electron chi connectivity index (χ4n) is 0.773. The van der Waals surface area contributed by atoms with Gasteiger partial charge in [-0.15, -0.1) is 5.10 Å². The Bertz CT molecular complexity index is 355. The highest BCUT2D eigenvalue weighted by Crippen LogP contribution is 1.72. The van der Waals surface area contributed by atoms with Gasteiger partial charge in [0.15, 0.2) is 6.39 Å². The molecule has 0 atom stereocenters. The maximum absolute atomic E-state index is 4.47. The number of aromatic nitrogens is 8. The number of aromatic amines is 3. The van der Waals surface area contributed by atoms with Crippen molar-refractivity contribution in [3.05, 3.63) is 68.4 Å². The van der Waals surface area contributed by atoms with E-state index in [4.69, 9.17) is 0 Å². The van der Waals surface area contributed by atoms with E-state index in [9.17, 15) is 0 Å². The van der Waals surface area contributed by atoms with Gasteiger partial charge in [0, 0.05) is 31.0 Å². The van der Waals surface area contributed by atoms with Gasteiger partial charge < -0.3 is 9.40 Å². The molecule has 4 aromatic heterocycles. The molecule has 104 valence electrons. The Kier molecular flexibility index (Phi) is 9.07. The Labute approximate surface area is 114 Å². The lowest BCUT2D eigenvalue weighted by atomic mass is 10.8. The van der Waals surface area contributed by atoms with Crippen LogP contribution in [0.1, 0.15) is 0 Å². The molecule has 9 nitrogen and oxygen atoms in total. The molecule has 0 fully saturated rings. The molecule has 0 spiro atoms. The highest BCUT2D eigenvalue weighted by Gasteiger charge is 1.59. The van der Waals surface area contributed by atoms with E-state index in [1.165, 1.54) is 12.7 Å². The molecule has 20 heavy (non-hydrogen) atoms. The van der Waals surface area contributed by atoms with Gasteiger partial charge in [-0.25, -0.2) is 9.97 Å². The summed E-state index contributed by atoms with van der Waals surface area (Å²) in [6, 6.07) is 1.83. The molecule has 9 heteroatoms. The Morgan fingerprint density at radius 1 is 0.850 bits per heavy atom. The number of imidazole rings is 1. The lowest BCUT2D eigenvalue weighted by Gasteiger charge is -1.49.